The first-order chi connectivity index (χ1) is 16.0. The van der Waals surface area contributed by atoms with Crippen LogP contribution < -0.4 is 4.72 Å². The van der Waals surface area contributed by atoms with Gasteiger partial charge in [-0.15, -0.1) is 0 Å². The molecule has 3 rings (SSSR count). The summed E-state index contributed by atoms with van der Waals surface area (Å²) < 4.78 is 56.2. The van der Waals surface area contributed by atoms with E-state index in [0.717, 1.165) is 10.8 Å². The zero-order valence-electron chi connectivity index (χ0n) is 19.3. The van der Waals surface area contributed by atoms with E-state index in [0.29, 0.717) is 12.8 Å². The zero-order valence-corrected chi connectivity index (χ0v) is 20.9. The van der Waals surface area contributed by atoms with E-state index in [-0.39, 0.29) is 35.4 Å². The minimum atomic E-state index is -3.82. The van der Waals surface area contributed by atoms with Crippen molar-refractivity contribution in [3.8, 4) is 0 Å². The van der Waals surface area contributed by atoms with E-state index >= 15 is 0 Å². The fourth-order valence-corrected chi connectivity index (χ4v) is 6.77. The van der Waals surface area contributed by atoms with Gasteiger partial charge in [-0.25, -0.2) is 21.6 Å². The molecular weight excluding hydrogens is 480 g/mol. The minimum absolute atomic E-state index is 0.0367. The number of sulfone groups is 1. The number of esters is 1. The van der Waals surface area contributed by atoms with E-state index in [1.165, 1.54) is 11.0 Å². The number of sulfonamides is 1. The molecule has 186 valence electrons. The van der Waals surface area contributed by atoms with Crippen LogP contribution in [0.5, 0.6) is 0 Å². The maximum atomic E-state index is 12.7. The Morgan fingerprint density at radius 1 is 1.18 bits per heavy atom. The van der Waals surface area contributed by atoms with Crippen LogP contribution >= 0.6 is 0 Å². The van der Waals surface area contributed by atoms with Gasteiger partial charge in [-0.1, -0.05) is 37.3 Å². The van der Waals surface area contributed by atoms with Gasteiger partial charge in [0.25, 0.3) is 5.91 Å². The lowest BCUT2D eigenvalue weighted by atomic mass is 10.1. The second kappa shape index (κ2) is 10.8. The van der Waals surface area contributed by atoms with Gasteiger partial charge in [-0.05, 0) is 42.7 Å². The van der Waals surface area contributed by atoms with Gasteiger partial charge in [0, 0.05) is 18.6 Å². The highest BCUT2D eigenvalue weighted by molar-refractivity contribution is 7.91. The first-order valence-corrected chi connectivity index (χ1v) is 14.5. The smallest absolute Gasteiger partial charge is 0.307 e. The molecule has 0 bridgehead atoms. The monoisotopic (exact) mass is 510 g/mol. The number of benzene rings is 2. The van der Waals surface area contributed by atoms with Crippen molar-refractivity contribution in [2.24, 2.45) is 0 Å². The van der Waals surface area contributed by atoms with Gasteiger partial charge in [0.1, 0.15) is 0 Å². The summed E-state index contributed by atoms with van der Waals surface area (Å²) in [5.74, 6) is -1.23. The number of carbonyl (C=O) groups is 2. The molecule has 1 amide bonds. The summed E-state index contributed by atoms with van der Waals surface area (Å²) in [6.07, 6.45) is 0.747. The number of carbonyl (C=O) groups excluding carboxylic acids is 2. The number of hydrogen-bond donors (Lipinski definition) is 1. The summed E-state index contributed by atoms with van der Waals surface area (Å²) >= 11 is 0. The highest BCUT2D eigenvalue weighted by Crippen LogP contribution is 2.22. The quantitative estimate of drug-likeness (QED) is 0.484. The molecule has 34 heavy (non-hydrogen) atoms. The van der Waals surface area contributed by atoms with Gasteiger partial charge < -0.3 is 9.64 Å². The van der Waals surface area contributed by atoms with Crippen molar-refractivity contribution in [2.45, 2.75) is 50.1 Å². The summed E-state index contributed by atoms with van der Waals surface area (Å²) in [7, 11) is -6.99. The van der Waals surface area contributed by atoms with Crippen molar-refractivity contribution in [2.75, 3.05) is 24.7 Å². The van der Waals surface area contributed by atoms with Crippen LogP contribution in [0.15, 0.2) is 47.4 Å². The van der Waals surface area contributed by atoms with Gasteiger partial charge in [0.05, 0.1) is 22.8 Å². The molecule has 2 aromatic rings. The summed E-state index contributed by atoms with van der Waals surface area (Å²) in [6, 6.07) is 11.5. The standard InChI is InChI=1S/C23H30N2O7S2/c1-3-17(2)25(20-11-13-33(28,29)16-20)22(26)15-32-23(27)10-12-24-34(30,31)21-9-8-18-6-4-5-7-19(18)14-21/h4-9,14,17,20,24H,3,10-13,15-16H2,1-2H3. The highest BCUT2D eigenvalue weighted by Gasteiger charge is 2.36. The molecule has 0 radical (unpaired) electrons. The van der Waals surface area contributed by atoms with Crippen LogP contribution in [0, 0.1) is 0 Å². The maximum Gasteiger partial charge on any atom is 0.307 e. The number of ether oxygens (including phenoxy) is 1. The molecule has 1 aliphatic rings. The molecule has 2 aromatic carbocycles. The molecule has 0 aromatic heterocycles. The van der Waals surface area contributed by atoms with E-state index in [4.69, 9.17) is 4.74 Å². The van der Waals surface area contributed by atoms with Crippen molar-refractivity contribution in [1.82, 2.24) is 9.62 Å². The molecular formula is C23H30N2O7S2. The van der Waals surface area contributed by atoms with Crippen molar-refractivity contribution in [3.05, 3.63) is 42.5 Å². The van der Waals surface area contributed by atoms with Crippen LogP contribution in [-0.2, 0) is 34.2 Å². The largest absolute Gasteiger partial charge is 0.456 e. The Hall–Kier alpha value is -2.50. The summed E-state index contributed by atoms with van der Waals surface area (Å²) in [5.41, 5.74) is 0. The number of amides is 1. The lowest BCUT2D eigenvalue weighted by Crippen LogP contribution is -2.48. The summed E-state index contributed by atoms with van der Waals surface area (Å²) in [4.78, 5) is 26.4. The van der Waals surface area contributed by atoms with Crippen molar-refractivity contribution >= 4 is 42.5 Å². The Bertz CT molecular complexity index is 1260. The lowest BCUT2D eigenvalue weighted by molar-refractivity contribution is -0.153. The van der Waals surface area contributed by atoms with Crippen LogP contribution in [0.1, 0.15) is 33.1 Å². The third-order valence-electron chi connectivity index (χ3n) is 5.96. The predicted octanol–water partition coefficient (Wildman–Crippen LogP) is 1.87. The average Bonchev–Trinajstić information content (AvgIpc) is 3.16. The topological polar surface area (TPSA) is 127 Å². The first-order valence-electron chi connectivity index (χ1n) is 11.2. The van der Waals surface area contributed by atoms with Crippen LogP contribution in [0.4, 0.5) is 0 Å². The number of rotatable bonds is 10. The minimum Gasteiger partial charge on any atom is -0.456 e. The molecule has 0 aliphatic carbocycles. The number of nitrogens with zero attached hydrogens (tertiary/aromatic N) is 1. The number of nitrogens with one attached hydrogen (secondary N) is 1. The van der Waals surface area contributed by atoms with Crippen molar-refractivity contribution in [3.63, 3.8) is 0 Å². The van der Waals surface area contributed by atoms with E-state index < -0.39 is 44.4 Å². The highest BCUT2D eigenvalue weighted by atomic mass is 32.2. The summed E-state index contributed by atoms with van der Waals surface area (Å²) in [6.45, 7) is 3.02. The predicted molar refractivity (Wildman–Crippen MR) is 128 cm³/mol. The van der Waals surface area contributed by atoms with E-state index in [1.807, 2.05) is 38.1 Å². The van der Waals surface area contributed by atoms with E-state index in [2.05, 4.69) is 4.72 Å². The first kappa shape index (κ1) is 26.1. The molecule has 1 N–H and O–H groups in total. The molecule has 9 nitrogen and oxygen atoms in total. The van der Waals surface area contributed by atoms with Gasteiger partial charge in [-0.2, -0.15) is 0 Å². The Morgan fingerprint density at radius 2 is 1.88 bits per heavy atom. The molecule has 11 heteroatoms. The van der Waals surface area contributed by atoms with Crippen LogP contribution in [-0.4, -0.2) is 70.4 Å². The Balaban J connectivity index is 1.51. The van der Waals surface area contributed by atoms with Gasteiger partial charge in [0.2, 0.25) is 10.0 Å². The van der Waals surface area contributed by atoms with E-state index in [9.17, 15) is 26.4 Å². The molecule has 0 saturated carbocycles. The normalized spacial score (nSPS) is 18.5. The molecule has 0 spiro atoms. The fraction of sp³-hybridized carbons (Fsp3) is 0.478. The Labute approximate surface area is 200 Å². The molecule has 2 atom stereocenters. The molecule has 2 unspecified atom stereocenters. The number of hydrogen-bond acceptors (Lipinski definition) is 7. The maximum absolute atomic E-state index is 12.7. The fourth-order valence-electron chi connectivity index (χ4n) is 4.00. The van der Waals surface area contributed by atoms with Crippen molar-refractivity contribution in [1.29, 1.82) is 0 Å². The summed E-state index contributed by atoms with van der Waals surface area (Å²) in [5, 5.41) is 1.69. The molecule has 1 aliphatic heterocycles. The average molecular weight is 511 g/mol. The number of fused-ring (bicyclic) bond motifs is 1. The van der Waals surface area contributed by atoms with Crippen LogP contribution in [0.25, 0.3) is 10.8 Å². The van der Waals surface area contributed by atoms with Gasteiger partial charge in [0.15, 0.2) is 16.4 Å². The third kappa shape index (κ3) is 6.55. The molecule has 1 saturated heterocycles. The SMILES string of the molecule is CCC(C)N(C(=O)COC(=O)CCNS(=O)(=O)c1ccc2ccccc2c1)C1CCS(=O)(=O)C1. The zero-order chi connectivity index (χ0) is 24.9. The lowest BCUT2D eigenvalue weighted by Gasteiger charge is -2.33. The van der Waals surface area contributed by atoms with Crippen molar-refractivity contribution < 1.29 is 31.2 Å². The molecule has 1 fully saturated rings. The third-order valence-corrected chi connectivity index (χ3v) is 9.17. The van der Waals surface area contributed by atoms with Gasteiger partial charge in [-0.3, -0.25) is 9.59 Å². The molecule has 1 heterocycles. The second-order valence-corrected chi connectivity index (χ2v) is 12.4. The Morgan fingerprint density at radius 3 is 2.53 bits per heavy atom. The van der Waals surface area contributed by atoms with Crippen LogP contribution in [0.3, 0.4) is 0 Å². The van der Waals surface area contributed by atoms with Gasteiger partial charge >= 0.3 is 5.97 Å². The van der Waals surface area contributed by atoms with Crippen LogP contribution in [0.2, 0.25) is 0 Å². The Kier molecular flexibility index (Phi) is 8.32. The van der Waals surface area contributed by atoms with E-state index in [1.54, 1.807) is 12.1 Å². The second-order valence-electron chi connectivity index (χ2n) is 8.43.